The van der Waals surface area contributed by atoms with Crippen LogP contribution >= 0.6 is 11.6 Å². The molecule has 0 spiro atoms. The molecule has 0 fully saturated rings. The third-order valence-corrected chi connectivity index (χ3v) is 4.97. The van der Waals surface area contributed by atoms with E-state index < -0.39 is 17.6 Å². The highest BCUT2D eigenvalue weighted by Crippen LogP contribution is 2.23. The standard InChI is InChI=1S/C26H28ClN5O5/c1-26(2,3)37-25(35)32-22-7-5-6-19(30-22)15-29-24(34)20-14-18(10-11-28-20)31-23(33)13-16-12-17(27)8-9-21(16)36-4/h5-12,14H,13,15H2,1-4H3,(H,29,34)(H,28,31,33)(H,30,32,35). The van der Waals surface area contributed by atoms with Crippen LogP contribution in [0.4, 0.5) is 16.3 Å². The number of anilines is 2. The summed E-state index contributed by atoms with van der Waals surface area (Å²) in [6, 6.07) is 13.1. The van der Waals surface area contributed by atoms with E-state index in [1.54, 1.807) is 63.2 Å². The minimum absolute atomic E-state index is 0.0346. The molecule has 10 nitrogen and oxygen atoms in total. The maximum absolute atomic E-state index is 12.7. The molecule has 3 amide bonds. The Morgan fingerprint density at radius 3 is 2.54 bits per heavy atom. The lowest BCUT2D eigenvalue weighted by Gasteiger charge is -2.19. The number of rotatable bonds is 8. The van der Waals surface area contributed by atoms with Crippen LogP contribution in [0.15, 0.2) is 54.7 Å². The largest absolute Gasteiger partial charge is 0.496 e. The highest BCUT2D eigenvalue weighted by Gasteiger charge is 2.17. The van der Waals surface area contributed by atoms with Gasteiger partial charge in [0.15, 0.2) is 0 Å². The monoisotopic (exact) mass is 525 g/mol. The summed E-state index contributed by atoms with van der Waals surface area (Å²) in [7, 11) is 1.52. The average molecular weight is 526 g/mol. The third kappa shape index (κ3) is 8.76. The van der Waals surface area contributed by atoms with Gasteiger partial charge in [-0.25, -0.2) is 9.78 Å². The van der Waals surface area contributed by atoms with Crippen LogP contribution < -0.4 is 20.7 Å². The molecule has 0 aliphatic carbocycles. The SMILES string of the molecule is COc1ccc(Cl)cc1CC(=O)Nc1ccnc(C(=O)NCc2cccc(NC(=O)OC(C)(C)C)n2)c1. The summed E-state index contributed by atoms with van der Waals surface area (Å²) in [6.45, 7) is 5.38. The van der Waals surface area contributed by atoms with E-state index in [9.17, 15) is 14.4 Å². The number of hydrogen-bond donors (Lipinski definition) is 3. The van der Waals surface area contributed by atoms with Crippen LogP contribution in [0.3, 0.4) is 0 Å². The van der Waals surface area contributed by atoms with E-state index in [4.69, 9.17) is 21.1 Å². The Morgan fingerprint density at radius 1 is 1.03 bits per heavy atom. The summed E-state index contributed by atoms with van der Waals surface area (Å²) in [4.78, 5) is 45.5. The van der Waals surface area contributed by atoms with Crippen molar-refractivity contribution in [2.24, 2.45) is 0 Å². The molecule has 194 valence electrons. The van der Waals surface area contributed by atoms with Crippen molar-refractivity contribution in [3.8, 4) is 5.75 Å². The number of hydrogen-bond acceptors (Lipinski definition) is 7. The number of methoxy groups -OCH3 is 1. The highest BCUT2D eigenvalue weighted by molar-refractivity contribution is 6.30. The molecule has 0 unspecified atom stereocenters. The summed E-state index contributed by atoms with van der Waals surface area (Å²) < 4.78 is 10.5. The number of carbonyl (C=O) groups excluding carboxylic acids is 3. The number of amides is 3. The lowest BCUT2D eigenvalue weighted by atomic mass is 10.1. The predicted octanol–water partition coefficient (Wildman–Crippen LogP) is 4.60. The van der Waals surface area contributed by atoms with Gasteiger partial charge in [-0.3, -0.25) is 19.9 Å². The number of ether oxygens (including phenoxy) is 2. The lowest BCUT2D eigenvalue weighted by Crippen LogP contribution is -2.28. The van der Waals surface area contributed by atoms with Gasteiger partial charge in [0.25, 0.3) is 5.91 Å². The number of halogens is 1. The fourth-order valence-electron chi connectivity index (χ4n) is 3.21. The van der Waals surface area contributed by atoms with Gasteiger partial charge in [-0.05, 0) is 63.2 Å². The van der Waals surface area contributed by atoms with Crippen molar-refractivity contribution in [3.05, 3.63) is 76.7 Å². The van der Waals surface area contributed by atoms with Crippen molar-refractivity contribution in [1.82, 2.24) is 15.3 Å². The predicted molar refractivity (Wildman–Crippen MR) is 140 cm³/mol. The van der Waals surface area contributed by atoms with Crippen LogP contribution in [-0.2, 0) is 22.5 Å². The van der Waals surface area contributed by atoms with Gasteiger partial charge in [-0.15, -0.1) is 0 Å². The van der Waals surface area contributed by atoms with Crippen LogP contribution in [0.25, 0.3) is 0 Å². The van der Waals surface area contributed by atoms with Gasteiger partial charge in [-0.1, -0.05) is 17.7 Å². The normalized spacial score (nSPS) is 10.8. The number of pyridine rings is 2. The summed E-state index contributed by atoms with van der Waals surface area (Å²) in [5.74, 6) is 0.0741. The van der Waals surface area contributed by atoms with Gasteiger partial charge >= 0.3 is 6.09 Å². The highest BCUT2D eigenvalue weighted by atomic mass is 35.5. The smallest absolute Gasteiger partial charge is 0.413 e. The molecule has 3 rings (SSSR count). The molecular formula is C26H28ClN5O5. The van der Waals surface area contributed by atoms with Crippen LogP contribution in [0.2, 0.25) is 5.02 Å². The van der Waals surface area contributed by atoms with Crippen molar-refractivity contribution < 1.29 is 23.9 Å². The van der Waals surface area contributed by atoms with Gasteiger partial charge in [0.05, 0.1) is 25.8 Å². The van der Waals surface area contributed by atoms with Gasteiger partial charge in [-0.2, -0.15) is 0 Å². The minimum Gasteiger partial charge on any atom is -0.496 e. The first-order chi connectivity index (χ1) is 17.5. The second-order valence-corrected chi connectivity index (χ2v) is 9.37. The van der Waals surface area contributed by atoms with Crippen LogP contribution in [0.1, 0.15) is 42.5 Å². The minimum atomic E-state index is -0.640. The molecule has 1 aromatic carbocycles. The summed E-state index contributed by atoms with van der Waals surface area (Å²) in [5, 5.41) is 8.53. The zero-order valence-electron chi connectivity index (χ0n) is 20.9. The van der Waals surface area contributed by atoms with E-state index in [-0.39, 0.29) is 24.6 Å². The average Bonchev–Trinajstić information content (AvgIpc) is 2.82. The van der Waals surface area contributed by atoms with Crippen molar-refractivity contribution in [2.75, 3.05) is 17.7 Å². The molecule has 37 heavy (non-hydrogen) atoms. The fraction of sp³-hybridized carbons (Fsp3) is 0.269. The maximum Gasteiger partial charge on any atom is 0.413 e. The molecule has 0 aliphatic heterocycles. The molecule has 0 saturated heterocycles. The van der Waals surface area contributed by atoms with Gasteiger partial charge in [0, 0.05) is 22.5 Å². The fourth-order valence-corrected chi connectivity index (χ4v) is 3.41. The van der Waals surface area contributed by atoms with E-state index in [1.165, 1.54) is 19.4 Å². The molecule has 2 heterocycles. The van der Waals surface area contributed by atoms with E-state index in [2.05, 4.69) is 25.9 Å². The van der Waals surface area contributed by atoms with Crippen molar-refractivity contribution >= 4 is 41.0 Å². The summed E-state index contributed by atoms with van der Waals surface area (Å²) in [6.07, 6.45) is 0.833. The Labute approximate surface area is 219 Å². The Balaban J connectivity index is 1.58. The van der Waals surface area contributed by atoms with E-state index in [0.717, 1.165) is 0 Å². The molecule has 11 heteroatoms. The van der Waals surface area contributed by atoms with Gasteiger partial charge < -0.3 is 20.1 Å². The zero-order chi connectivity index (χ0) is 27.0. The van der Waals surface area contributed by atoms with Crippen LogP contribution in [0.5, 0.6) is 5.75 Å². The molecule has 3 aromatic rings. The Hall–Kier alpha value is -4.18. The second-order valence-electron chi connectivity index (χ2n) is 8.93. The first-order valence-corrected chi connectivity index (χ1v) is 11.7. The lowest BCUT2D eigenvalue weighted by molar-refractivity contribution is -0.115. The Kier molecular flexibility index (Phi) is 9.02. The van der Waals surface area contributed by atoms with Crippen molar-refractivity contribution in [3.63, 3.8) is 0 Å². The van der Waals surface area contributed by atoms with E-state index >= 15 is 0 Å². The number of nitrogens with one attached hydrogen (secondary N) is 3. The Morgan fingerprint density at radius 2 is 1.81 bits per heavy atom. The third-order valence-electron chi connectivity index (χ3n) is 4.74. The zero-order valence-corrected chi connectivity index (χ0v) is 21.7. The van der Waals surface area contributed by atoms with E-state index in [0.29, 0.717) is 33.5 Å². The quantitative estimate of drug-likeness (QED) is 0.391. The molecule has 0 atom stereocenters. The van der Waals surface area contributed by atoms with Gasteiger partial charge in [0.2, 0.25) is 5.91 Å². The van der Waals surface area contributed by atoms with E-state index in [1.807, 2.05) is 0 Å². The van der Waals surface area contributed by atoms with Gasteiger partial charge in [0.1, 0.15) is 22.9 Å². The number of benzene rings is 1. The maximum atomic E-state index is 12.7. The molecule has 0 aliphatic rings. The first kappa shape index (κ1) is 27.4. The summed E-state index contributed by atoms with van der Waals surface area (Å²) in [5.41, 5.74) is 1.03. The summed E-state index contributed by atoms with van der Waals surface area (Å²) >= 11 is 6.03. The topological polar surface area (TPSA) is 132 Å². The molecular weight excluding hydrogens is 498 g/mol. The molecule has 0 bridgehead atoms. The molecule has 0 saturated carbocycles. The second kappa shape index (κ2) is 12.2. The Bertz CT molecular complexity index is 1290. The van der Waals surface area contributed by atoms with Crippen LogP contribution in [-0.4, -0.2) is 40.6 Å². The van der Waals surface area contributed by atoms with Crippen LogP contribution in [0, 0.1) is 0 Å². The number of nitrogens with zero attached hydrogens (tertiary/aromatic N) is 2. The number of aromatic nitrogens is 2. The van der Waals surface area contributed by atoms with Crippen molar-refractivity contribution in [1.29, 1.82) is 0 Å². The van der Waals surface area contributed by atoms with Crippen molar-refractivity contribution in [2.45, 2.75) is 39.3 Å². The number of carbonyl (C=O) groups is 3. The molecule has 3 N–H and O–H groups in total. The molecule has 0 radical (unpaired) electrons. The molecule has 2 aromatic heterocycles. The first-order valence-electron chi connectivity index (χ1n) is 11.3.